The maximum atomic E-state index is 11.3. The minimum absolute atomic E-state index is 0.111. The van der Waals surface area contributed by atoms with E-state index in [1.54, 1.807) is 36.4 Å². The molecular weight excluding hydrogens is 396 g/mol. The Morgan fingerprint density at radius 1 is 0.967 bits per heavy atom. The molecule has 2 aromatic rings. The van der Waals surface area contributed by atoms with E-state index in [1.165, 1.54) is 6.07 Å². The number of aliphatic hydroxyl groups excluding tert-OH is 4. The number of aliphatic hydroxyl groups is 4. The van der Waals surface area contributed by atoms with Crippen LogP contribution in [0.4, 0.5) is 0 Å². The number of hydrogen-bond acceptors (Lipinski definition) is 8. The Morgan fingerprint density at radius 2 is 1.67 bits per heavy atom. The topological polar surface area (TPSA) is 157 Å². The molecule has 0 bridgehead atoms. The lowest BCUT2D eigenvalue weighted by Gasteiger charge is -2.39. The molecule has 5 unspecified atom stereocenters. The number of carbonyl (C=O) groups is 1. The zero-order valence-corrected chi connectivity index (χ0v) is 16.0. The van der Waals surface area contributed by atoms with Gasteiger partial charge in [-0.05, 0) is 42.2 Å². The molecule has 0 aromatic heterocycles. The summed E-state index contributed by atoms with van der Waals surface area (Å²) in [7, 11) is 0. The Hall–Kier alpha value is -2.69. The van der Waals surface area contributed by atoms with E-state index in [-0.39, 0.29) is 11.3 Å². The van der Waals surface area contributed by atoms with Crippen LogP contribution in [0.5, 0.6) is 11.5 Å². The maximum Gasteiger partial charge on any atom is 0.339 e. The first-order valence-electron chi connectivity index (χ1n) is 9.42. The normalized spacial score (nSPS) is 26.3. The van der Waals surface area contributed by atoms with Crippen molar-refractivity contribution in [1.82, 2.24) is 0 Å². The Bertz CT molecular complexity index is 865. The van der Waals surface area contributed by atoms with Gasteiger partial charge in [-0.25, -0.2) is 4.79 Å². The fourth-order valence-electron chi connectivity index (χ4n) is 3.35. The summed E-state index contributed by atoms with van der Waals surface area (Å²) in [6.07, 6.45) is -5.88. The first-order valence-corrected chi connectivity index (χ1v) is 9.42. The van der Waals surface area contributed by atoms with Crippen LogP contribution in [-0.2, 0) is 17.6 Å². The van der Waals surface area contributed by atoms with Crippen LogP contribution in [0.2, 0.25) is 0 Å². The molecule has 0 amide bonds. The molecule has 9 heteroatoms. The molecule has 9 nitrogen and oxygen atoms in total. The second-order valence-electron chi connectivity index (χ2n) is 7.08. The second-order valence-corrected chi connectivity index (χ2v) is 7.08. The third-order valence-electron chi connectivity index (χ3n) is 5.05. The number of benzene rings is 2. The lowest BCUT2D eigenvalue weighted by Crippen LogP contribution is -2.60. The fraction of sp³-hybridized carbons (Fsp3) is 0.381. The third-order valence-corrected chi connectivity index (χ3v) is 5.05. The highest BCUT2D eigenvalue weighted by molar-refractivity contribution is 5.92. The van der Waals surface area contributed by atoms with E-state index in [0.717, 1.165) is 5.56 Å². The number of aromatic carboxylic acids is 1. The van der Waals surface area contributed by atoms with Crippen molar-refractivity contribution in [2.75, 3.05) is 6.61 Å². The van der Waals surface area contributed by atoms with Gasteiger partial charge in [0.05, 0.1) is 6.61 Å². The highest BCUT2D eigenvalue weighted by Gasteiger charge is 2.44. The van der Waals surface area contributed by atoms with Gasteiger partial charge >= 0.3 is 5.97 Å². The Kier molecular flexibility index (Phi) is 6.91. The van der Waals surface area contributed by atoms with Gasteiger partial charge in [0.25, 0.3) is 0 Å². The average molecular weight is 420 g/mol. The molecule has 30 heavy (non-hydrogen) atoms. The minimum atomic E-state index is -1.52. The summed E-state index contributed by atoms with van der Waals surface area (Å²) in [5, 5.41) is 57.9. The summed E-state index contributed by atoms with van der Waals surface area (Å²) >= 11 is 0. The quantitative estimate of drug-likeness (QED) is 0.364. The summed E-state index contributed by atoms with van der Waals surface area (Å²) in [6, 6.07) is 11.3. The van der Waals surface area contributed by atoms with E-state index in [1.807, 2.05) is 0 Å². The van der Waals surface area contributed by atoms with Gasteiger partial charge in [-0.15, -0.1) is 0 Å². The number of aryl methyl sites for hydroxylation is 2. The molecule has 1 aliphatic heterocycles. The summed E-state index contributed by atoms with van der Waals surface area (Å²) < 4.78 is 10.8. The molecule has 0 spiro atoms. The lowest BCUT2D eigenvalue weighted by atomic mass is 9.99. The van der Waals surface area contributed by atoms with Crippen LogP contribution in [0.3, 0.4) is 0 Å². The summed E-state index contributed by atoms with van der Waals surface area (Å²) in [4.78, 5) is 11.3. The lowest BCUT2D eigenvalue weighted by molar-refractivity contribution is -0.277. The number of aromatic hydroxyl groups is 1. The number of carboxylic acid groups (broad SMARTS) is 1. The molecule has 1 saturated heterocycles. The molecule has 1 aliphatic rings. The van der Waals surface area contributed by atoms with E-state index in [2.05, 4.69) is 0 Å². The number of ether oxygens (including phenoxy) is 2. The highest BCUT2D eigenvalue weighted by atomic mass is 16.7. The Labute approximate surface area is 172 Å². The van der Waals surface area contributed by atoms with E-state index in [4.69, 9.17) is 9.47 Å². The maximum absolute atomic E-state index is 11.3. The molecule has 2 aromatic carbocycles. The molecule has 0 aliphatic carbocycles. The van der Waals surface area contributed by atoms with Crippen molar-refractivity contribution in [2.45, 2.75) is 43.5 Å². The van der Waals surface area contributed by atoms with Crippen LogP contribution < -0.4 is 4.74 Å². The highest BCUT2D eigenvalue weighted by Crippen LogP contribution is 2.26. The Balaban J connectivity index is 1.63. The van der Waals surface area contributed by atoms with E-state index in [0.29, 0.717) is 24.2 Å². The molecule has 3 rings (SSSR count). The van der Waals surface area contributed by atoms with Crippen LogP contribution in [0.1, 0.15) is 21.5 Å². The molecule has 6 N–H and O–H groups in total. The average Bonchev–Trinajstić information content (AvgIpc) is 2.73. The number of rotatable bonds is 7. The smallest absolute Gasteiger partial charge is 0.339 e. The predicted molar refractivity (Wildman–Crippen MR) is 103 cm³/mol. The van der Waals surface area contributed by atoms with Crippen LogP contribution in [0.25, 0.3) is 0 Å². The second kappa shape index (κ2) is 9.41. The molecule has 0 saturated carbocycles. The summed E-state index contributed by atoms with van der Waals surface area (Å²) in [6.45, 7) is -0.545. The van der Waals surface area contributed by atoms with Crippen molar-refractivity contribution < 1.29 is 44.9 Å². The minimum Gasteiger partial charge on any atom is -0.507 e. The van der Waals surface area contributed by atoms with Crippen molar-refractivity contribution in [1.29, 1.82) is 0 Å². The van der Waals surface area contributed by atoms with Crippen molar-refractivity contribution in [3.63, 3.8) is 0 Å². The van der Waals surface area contributed by atoms with Gasteiger partial charge < -0.3 is 40.1 Å². The van der Waals surface area contributed by atoms with Crippen LogP contribution in [-0.4, -0.2) is 73.9 Å². The fourth-order valence-corrected chi connectivity index (χ4v) is 3.35. The molecular formula is C21H24O9. The van der Waals surface area contributed by atoms with E-state index >= 15 is 0 Å². The monoisotopic (exact) mass is 420 g/mol. The summed E-state index contributed by atoms with van der Waals surface area (Å²) in [5.41, 5.74) is 1.29. The zero-order chi connectivity index (χ0) is 21.8. The van der Waals surface area contributed by atoms with Gasteiger partial charge in [0.15, 0.2) is 0 Å². The first-order chi connectivity index (χ1) is 14.3. The van der Waals surface area contributed by atoms with Gasteiger partial charge in [-0.2, -0.15) is 0 Å². The van der Waals surface area contributed by atoms with Crippen molar-refractivity contribution in [2.24, 2.45) is 0 Å². The van der Waals surface area contributed by atoms with Gasteiger partial charge in [-0.1, -0.05) is 24.3 Å². The standard InChI is InChI=1S/C21H24O9/c22-10-15-17(24)18(25)19(26)21(30-15)29-13-8-5-11(6-9-13)4-7-12-2-1-3-14(23)16(12)20(27)28/h1-3,5-6,8-9,15,17-19,21-26H,4,7,10H2,(H,27,28). The van der Waals surface area contributed by atoms with Gasteiger partial charge in [0.1, 0.15) is 41.5 Å². The molecule has 0 radical (unpaired) electrons. The largest absolute Gasteiger partial charge is 0.507 e. The number of hydrogen-bond donors (Lipinski definition) is 6. The Morgan fingerprint density at radius 3 is 2.30 bits per heavy atom. The molecule has 162 valence electrons. The van der Waals surface area contributed by atoms with Gasteiger partial charge in [0.2, 0.25) is 6.29 Å². The zero-order valence-electron chi connectivity index (χ0n) is 16.0. The number of phenols is 1. The number of carboxylic acids is 1. The van der Waals surface area contributed by atoms with E-state index < -0.39 is 43.3 Å². The molecule has 1 fully saturated rings. The van der Waals surface area contributed by atoms with Gasteiger partial charge in [0, 0.05) is 0 Å². The first kappa shape index (κ1) is 22.0. The predicted octanol–water partition coefficient (Wildman–Crippen LogP) is 0.0543. The van der Waals surface area contributed by atoms with Crippen LogP contribution >= 0.6 is 0 Å². The summed E-state index contributed by atoms with van der Waals surface area (Å²) in [5.74, 6) is -1.12. The van der Waals surface area contributed by atoms with Gasteiger partial charge in [-0.3, -0.25) is 0 Å². The van der Waals surface area contributed by atoms with Crippen molar-refractivity contribution >= 4 is 5.97 Å². The van der Waals surface area contributed by atoms with Crippen LogP contribution in [0, 0.1) is 0 Å². The van der Waals surface area contributed by atoms with Crippen molar-refractivity contribution in [3.8, 4) is 11.5 Å². The van der Waals surface area contributed by atoms with E-state index in [9.17, 15) is 35.4 Å². The van der Waals surface area contributed by atoms with Crippen LogP contribution in [0.15, 0.2) is 42.5 Å². The molecule has 1 heterocycles. The molecule has 5 atom stereocenters. The third kappa shape index (κ3) is 4.72. The SMILES string of the molecule is O=C(O)c1c(O)cccc1CCc1ccc(OC2OC(CO)C(O)C(O)C2O)cc1. The van der Waals surface area contributed by atoms with Crippen molar-refractivity contribution in [3.05, 3.63) is 59.2 Å².